The quantitative estimate of drug-likeness (QED) is 0.389. The van der Waals surface area contributed by atoms with E-state index in [1.165, 1.54) is 46.7 Å². The average Bonchev–Trinajstić information content (AvgIpc) is 3.54. The van der Waals surface area contributed by atoms with Crippen LogP contribution in [0.25, 0.3) is 11.1 Å². The van der Waals surface area contributed by atoms with E-state index in [9.17, 15) is 0 Å². The number of fused-ring (bicyclic) bond motifs is 1. The molecule has 2 unspecified atom stereocenters. The second kappa shape index (κ2) is 13.5. The Hall–Kier alpha value is -2.57. The molecule has 188 valence electrons. The minimum Gasteiger partial charge on any atom is -0.496 e. The van der Waals surface area contributed by atoms with E-state index in [-0.39, 0.29) is 0 Å². The Morgan fingerprint density at radius 1 is 1.00 bits per heavy atom. The number of thioether (sulfide) groups is 1. The largest absolute Gasteiger partial charge is 0.496 e. The van der Waals surface area contributed by atoms with Crippen molar-refractivity contribution in [2.45, 2.75) is 45.1 Å². The van der Waals surface area contributed by atoms with Gasteiger partial charge < -0.3 is 15.0 Å². The number of rotatable bonds is 7. The second-order valence-electron chi connectivity index (χ2n) is 8.69. The molecule has 0 spiro atoms. The standard InChI is InChI=1S/C16H19NOS.C11H15N3.C2H6/c1-17-11-14-10-13(6-9-16(14)18-2)12-4-7-15(19-3)8-5-12;1-2-8-4-12-11(13-5-8)14-6-9-3-10(9)7-14;1-2/h4-10,17H,11H2,1-3H3;4-5,9-10H,2-3,6-7H2,1H3;1-2H3. The third kappa shape index (κ3) is 7.21. The fourth-order valence-electron chi connectivity index (χ4n) is 4.33. The number of aromatic nitrogens is 2. The number of nitrogens with zero attached hydrogens (tertiary/aromatic N) is 3. The molecule has 5 nitrogen and oxygen atoms in total. The number of anilines is 1. The second-order valence-corrected chi connectivity index (χ2v) is 9.57. The highest BCUT2D eigenvalue weighted by atomic mass is 32.2. The van der Waals surface area contributed by atoms with Crippen molar-refractivity contribution < 1.29 is 4.74 Å². The third-order valence-electron chi connectivity index (χ3n) is 6.43. The van der Waals surface area contributed by atoms with Gasteiger partial charge in [0, 0.05) is 42.5 Å². The van der Waals surface area contributed by atoms with Gasteiger partial charge >= 0.3 is 0 Å². The van der Waals surface area contributed by atoms with Crippen LogP contribution in [0.2, 0.25) is 0 Å². The first-order valence-corrected chi connectivity index (χ1v) is 13.9. The summed E-state index contributed by atoms with van der Waals surface area (Å²) < 4.78 is 5.38. The molecule has 0 amide bonds. The molecule has 2 fully saturated rings. The van der Waals surface area contributed by atoms with E-state index in [1.807, 2.05) is 39.4 Å². The van der Waals surface area contributed by atoms with Gasteiger partial charge in [0.15, 0.2) is 0 Å². The number of nitrogens with one attached hydrogen (secondary N) is 1. The maximum Gasteiger partial charge on any atom is 0.225 e. The number of piperidine rings is 1. The fourth-order valence-corrected chi connectivity index (χ4v) is 4.73. The summed E-state index contributed by atoms with van der Waals surface area (Å²) >= 11 is 1.76. The number of methoxy groups -OCH3 is 1. The van der Waals surface area contributed by atoms with Gasteiger partial charge in [-0.15, -0.1) is 11.8 Å². The summed E-state index contributed by atoms with van der Waals surface area (Å²) in [5.41, 5.74) is 4.85. The van der Waals surface area contributed by atoms with Crippen LogP contribution in [0.4, 0.5) is 5.95 Å². The molecule has 35 heavy (non-hydrogen) atoms. The molecule has 0 radical (unpaired) electrons. The van der Waals surface area contributed by atoms with Crippen LogP contribution in [0.15, 0.2) is 59.8 Å². The van der Waals surface area contributed by atoms with Gasteiger partial charge in [-0.2, -0.15) is 0 Å². The van der Waals surface area contributed by atoms with E-state index in [2.05, 4.69) is 69.8 Å². The summed E-state index contributed by atoms with van der Waals surface area (Å²) in [6.45, 7) is 9.29. The summed E-state index contributed by atoms with van der Waals surface area (Å²) in [6.07, 6.45) is 8.45. The summed E-state index contributed by atoms with van der Waals surface area (Å²) in [5.74, 6) is 3.75. The SMILES string of the molecule is CC.CCc1cnc(N2CC3CC3C2)nc1.CNCc1cc(-c2ccc(SC)cc2)ccc1OC. The molecule has 1 aromatic heterocycles. The van der Waals surface area contributed by atoms with Gasteiger partial charge in [-0.1, -0.05) is 39.0 Å². The highest BCUT2D eigenvalue weighted by Gasteiger charge is 2.45. The lowest BCUT2D eigenvalue weighted by molar-refractivity contribution is 0.408. The summed E-state index contributed by atoms with van der Waals surface area (Å²) in [6, 6.07) is 15.0. The molecule has 2 aliphatic rings. The van der Waals surface area contributed by atoms with E-state index < -0.39 is 0 Å². The van der Waals surface area contributed by atoms with Crippen LogP contribution >= 0.6 is 11.8 Å². The highest BCUT2D eigenvalue weighted by molar-refractivity contribution is 7.98. The van der Waals surface area contributed by atoms with Crippen molar-refractivity contribution in [3.63, 3.8) is 0 Å². The maximum absolute atomic E-state index is 5.38. The maximum atomic E-state index is 5.38. The van der Waals surface area contributed by atoms with Crippen molar-refractivity contribution in [1.82, 2.24) is 15.3 Å². The van der Waals surface area contributed by atoms with Crippen molar-refractivity contribution in [2.75, 3.05) is 38.4 Å². The molecule has 2 heterocycles. The normalized spacial score (nSPS) is 17.5. The topological polar surface area (TPSA) is 50.3 Å². The van der Waals surface area contributed by atoms with Crippen molar-refractivity contribution >= 4 is 17.7 Å². The molecule has 6 heteroatoms. The molecular formula is C29H40N4OS. The zero-order valence-electron chi connectivity index (χ0n) is 22.0. The first-order chi connectivity index (χ1) is 17.1. The Bertz CT molecular complexity index is 1030. The molecule has 5 rings (SSSR count). The van der Waals surface area contributed by atoms with Gasteiger partial charge in [-0.3, -0.25) is 0 Å². The smallest absolute Gasteiger partial charge is 0.225 e. The van der Waals surface area contributed by atoms with Crippen molar-refractivity contribution in [3.05, 3.63) is 66.0 Å². The van der Waals surface area contributed by atoms with Crippen molar-refractivity contribution in [3.8, 4) is 16.9 Å². The lowest BCUT2D eigenvalue weighted by atomic mass is 10.0. The molecular weight excluding hydrogens is 452 g/mol. The lowest BCUT2D eigenvalue weighted by Crippen LogP contribution is -2.23. The summed E-state index contributed by atoms with van der Waals surface area (Å²) in [4.78, 5) is 12.4. The minimum atomic E-state index is 0.805. The molecule has 1 aliphatic heterocycles. The number of aryl methyl sites for hydroxylation is 1. The Morgan fingerprint density at radius 2 is 1.63 bits per heavy atom. The van der Waals surface area contributed by atoms with Gasteiger partial charge in [-0.05, 0) is 78.9 Å². The number of hydrogen-bond acceptors (Lipinski definition) is 6. The Balaban J connectivity index is 0.000000189. The monoisotopic (exact) mass is 492 g/mol. The Morgan fingerprint density at radius 3 is 2.17 bits per heavy atom. The van der Waals surface area contributed by atoms with E-state index in [1.54, 1.807) is 18.9 Å². The van der Waals surface area contributed by atoms with E-state index >= 15 is 0 Å². The highest BCUT2D eigenvalue weighted by Crippen LogP contribution is 2.45. The zero-order chi connectivity index (χ0) is 25.2. The van der Waals surface area contributed by atoms with Gasteiger partial charge in [0.2, 0.25) is 5.95 Å². The first-order valence-electron chi connectivity index (χ1n) is 12.7. The van der Waals surface area contributed by atoms with Crippen LogP contribution in [-0.2, 0) is 13.0 Å². The van der Waals surface area contributed by atoms with Crippen LogP contribution in [0.3, 0.4) is 0 Å². The zero-order valence-corrected chi connectivity index (χ0v) is 22.9. The summed E-state index contributed by atoms with van der Waals surface area (Å²) in [7, 11) is 3.65. The van der Waals surface area contributed by atoms with Crippen LogP contribution < -0.4 is 15.0 Å². The molecule has 1 saturated carbocycles. The van der Waals surface area contributed by atoms with E-state index in [0.29, 0.717) is 0 Å². The molecule has 0 bridgehead atoms. The van der Waals surface area contributed by atoms with Gasteiger partial charge in [0.25, 0.3) is 0 Å². The predicted octanol–water partition coefficient (Wildman–Crippen LogP) is 6.32. The first kappa shape index (κ1) is 27.0. The molecule has 2 atom stereocenters. The van der Waals surface area contributed by atoms with Crippen molar-refractivity contribution in [1.29, 1.82) is 0 Å². The Labute approximate surface area is 215 Å². The minimum absolute atomic E-state index is 0.805. The average molecular weight is 493 g/mol. The van der Waals surface area contributed by atoms with E-state index in [4.69, 9.17) is 4.74 Å². The lowest BCUT2D eigenvalue weighted by Gasteiger charge is -2.17. The predicted molar refractivity (Wildman–Crippen MR) is 150 cm³/mol. The van der Waals surface area contributed by atoms with Crippen LogP contribution in [-0.4, -0.2) is 43.5 Å². The van der Waals surface area contributed by atoms with Crippen molar-refractivity contribution in [2.24, 2.45) is 11.8 Å². The number of benzene rings is 2. The van der Waals surface area contributed by atoms with Gasteiger partial charge in [0.1, 0.15) is 5.75 Å². The molecule has 1 N–H and O–H groups in total. The molecule has 1 saturated heterocycles. The number of ether oxygens (including phenoxy) is 1. The molecule has 2 aromatic carbocycles. The van der Waals surface area contributed by atoms with E-state index in [0.717, 1.165) is 36.5 Å². The summed E-state index contributed by atoms with van der Waals surface area (Å²) in [5, 5.41) is 3.17. The van der Waals surface area contributed by atoms with Crippen LogP contribution in [0.1, 0.15) is 38.3 Å². The number of hydrogen-bond donors (Lipinski definition) is 1. The van der Waals surface area contributed by atoms with Crippen LogP contribution in [0, 0.1) is 11.8 Å². The fraction of sp³-hybridized carbons (Fsp3) is 0.448. The third-order valence-corrected chi connectivity index (χ3v) is 7.18. The molecule has 1 aliphatic carbocycles. The van der Waals surface area contributed by atoms with Gasteiger partial charge in [0.05, 0.1) is 7.11 Å². The van der Waals surface area contributed by atoms with Crippen LogP contribution in [0.5, 0.6) is 5.75 Å². The van der Waals surface area contributed by atoms with Gasteiger partial charge in [-0.25, -0.2) is 9.97 Å². The Kier molecular flexibility index (Phi) is 10.4. The molecule has 3 aromatic rings.